The third-order valence-corrected chi connectivity index (χ3v) is 3.68. The van der Waals surface area contributed by atoms with Crippen LogP contribution < -0.4 is 10.6 Å². The van der Waals surface area contributed by atoms with Crippen molar-refractivity contribution in [2.24, 2.45) is 0 Å². The van der Waals surface area contributed by atoms with E-state index in [1.54, 1.807) is 11.4 Å². The molecule has 0 atom stereocenters. The summed E-state index contributed by atoms with van der Waals surface area (Å²) in [5.74, 6) is -1.43. The molecule has 0 radical (unpaired) electrons. The standard InChI is InChI=1S/C14H22N2O3S/c1-3-6-14(19,7-4-2)10-15-12(17)13(18)16-11-5-8-20-9-11/h5,8-9,19H,3-4,6-7,10H2,1-2H3,(H,15,17)(H,16,18). The van der Waals surface area contributed by atoms with Crippen molar-refractivity contribution in [1.29, 1.82) is 0 Å². The molecule has 0 saturated heterocycles. The van der Waals surface area contributed by atoms with E-state index >= 15 is 0 Å². The lowest BCUT2D eigenvalue weighted by molar-refractivity contribution is -0.137. The average molecular weight is 298 g/mol. The van der Waals surface area contributed by atoms with Crippen LogP contribution >= 0.6 is 11.3 Å². The first-order chi connectivity index (χ1) is 9.50. The molecule has 112 valence electrons. The van der Waals surface area contributed by atoms with Gasteiger partial charge in [-0.1, -0.05) is 26.7 Å². The van der Waals surface area contributed by atoms with Gasteiger partial charge in [-0.3, -0.25) is 9.59 Å². The minimum atomic E-state index is -0.929. The van der Waals surface area contributed by atoms with Crippen molar-refractivity contribution in [3.63, 3.8) is 0 Å². The number of hydrogen-bond donors (Lipinski definition) is 3. The van der Waals surface area contributed by atoms with E-state index in [0.717, 1.165) is 12.8 Å². The van der Waals surface area contributed by atoms with E-state index in [9.17, 15) is 14.7 Å². The van der Waals surface area contributed by atoms with Crippen molar-refractivity contribution in [2.75, 3.05) is 11.9 Å². The Morgan fingerprint density at radius 3 is 2.40 bits per heavy atom. The minimum absolute atomic E-state index is 0.102. The molecule has 1 aromatic heterocycles. The molecule has 1 aromatic rings. The van der Waals surface area contributed by atoms with E-state index in [1.807, 2.05) is 19.2 Å². The zero-order valence-corrected chi connectivity index (χ0v) is 12.8. The highest BCUT2D eigenvalue weighted by atomic mass is 32.1. The number of aliphatic hydroxyl groups is 1. The van der Waals surface area contributed by atoms with Crippen molar-refractivity contribution in [3.8, 4) is 0 Å². The highest BCUT2D eigenvalue weighted by Gasteiger charge is 2.26. The molecule has 0 spiro atoms. The van der Waals surface area contributed by atoms with Crippen LogP contribution in [0.3, 0.4) is 0 Å². The third-order valence-electron chi connectivity index (χ3n) is 2.99. The maximum absolute atomic E-state index is 11.7. The largest absolute Gasteiger partial charge is 0.388 e. The molecule has 0 unspecified atom stereocenters. The second-order valence-electron chi connectivity index (χ2n) is 4.87. The minimum Gasteiger partial charge on any atom is -0.388 e. The molecule has 0 fully saturated rings. The Bertz CT molecular complexity index is 426. The van der Waals surface area contributed by atoms with Gasteiger partial charge in [0.05, 0.1) is 11.3 Å². The van der Waals surface area contributed by atoms with Gasteiger partial charge in [0.25, 0.3) is 0 Å². The summed E-state index contributed by atoms with van der Waals surface area (Å²) >= 11 is 1.44. The van der Waals surface area contributed by atoms with E-state index in [1.165, 1.54) is 11.3 Å². The fourth-order valence-electron chi connectivity index (χ4n) is 2.08. The molecule has 0 bridgehead atoms. The van der Waals surface area contributed by atoms with Crippen LogP contribution in [0.15, 0.2) is 16.8 Å². The Kier molecular flexibility index (Phi) is 6.67. The Labute approximate surface area is 123 Å². The highest BCUT2D eigenvalue weighted by molar-refractivity contribution is 7.08. The number of amides is 2. The van der Waals surface area contributed by atoms with Gasteiger partial charge in [-0.2, -0.15) is 11.3 Å². The maximum Gasteiger partial charge on any atom is 0.313 e. The monoisotopic (exact) mass is 298 g/mol. The Morgan fingerprint density at radius 1 is 1.25 bits per heavy atom. The first-order valence-corrected chi connectivity index (χ1v) is 7.79. The topological polar surface area (TPSA) is 78.4 Å². The molecule has 0 saturated carbocycles. The average Bonchev–Trinajstić information content (AvgIpc) is 2.89. The summed E-state index contributed by atoms with van der Waals surface area (Å²) in [5, 5.41) is 18.9. The lowest BCUT2D eigenvalue weighted by atomic mass is 9.92. The molecule has 5 nitrogen and oxygen atoms in total. The molecule has 0 aliphatic rings. The summed E-state index contributed by atoms with van der Waals surface area (Å²) in [6.07, 6.45) is 2.86. The normalized spacial score (nSPS) is 11.2. The number of hydrogen-bond acceptors (Lipinski definition) is 4. The third kappa shape index (κ3) is 5.30. The molecule has 20 heavy (non-hydrogen) atoms. The van der Waals surface area contributed by atoms with E-state index in [-0.39, 0.29) is 6.54 Å². The van der Waals surface area contributed by atoms with Gasteiger partial charge in [0, 0.05) is 11.9 Å². The molecule has 3 N–H and O–H groups in total. The number of rotatable bonds is 7. The zero-order valence-electron chi connectivity index (χ0n) is 11.9. The van der Waals surface area contributed by atoms with Crippen LogP contribution in [0.25, 0.3) is 0 Å². The Morgan fingerprint density at radius 2 is 1.90 bits per heavy atom. The number of nitrogens with one attached hydrogen (secondary N) is 2. The van der Waals surface area contributed by atoms with Gasteiger partial charge >= 0.3 is 11.8 Å². The molecule has 1 rings (SSSR count). The summed E-state index contributed by atoms with van der Waals surface area (Å²) in [4.78, 5) is 23.3. The first kappa shape index (κ1) is 16.7. The summed E-state index contributed by atoms with van der Waals surface area (Å²) in [6.45, 7) is 4.06. The smallest absolute Gasteiger partial charge is 0.313 e. The second kappa shape index (κ2) is 8.01. The molecule has 0 aliphatic heterocycles. The van der Waals surface area contributed by atoms with Crippen LogP contribution in [0, 0.1) is 0 Å². The lowest BCUT2D eigenvalue weighted by Gasteiger charge is -2.27. The molecule has 0 aromatic carbocycles. The summed E-state index contributed by atoms with van der Waals surface area (Å²) in [5.41, 5.74) is -0.325. The van der Waals surface area contributed by atoms with Gasteiger partial charge in [-0.05, 0) is 24.3 Å². The van der Waals surface area contributed by atoms with Crippen molar-refractivity contribution >= 4 is 28.8 Å². The van der Waals surface area contributed by atoms with E-state index in [0.29, 0.717) is 18.5 Å². The zero-order chi connectivity index (χ0) is 15.0. The number of anilines is 1. The molecule has 6 heteroatoms. The fraction of sp³-hybridized carbons (Fsp3) is 0.571. The predicted octanol–water partition coefficient (Wildman–Crippen LogP) is 2.13. The molecule has 0 aliphatic carbocycles. The maximum atomic E-state index is 11.7. The van der Waals surface area contributed by atoms with Crippen molar-refractivity contribution in [1.82, 2.24) is 5.32 Å². The van der Waals surface area contributed by atoms with Gasteiger partial charge in [0.1, 0.15) is 0 Å². The van der Waals surface area contributed by atoms with Gasteiger partial charge in [0.2, 0.25) is 0 Å². The number of carbonyl (C=O) groups is 2. The van der Waals surface area contributed by atoms with Gasteiger partial charge in [-0.15, -0.1) is 0 Å². The summed E-state index contributed by atoms with van der Waals surface area (Å²) in [7, 11) is 0. The van der Waals surface area contributed by atoms with Crippen molar-refractivity contribution in [2.45, 2.75) is 45.1 Å². The van der Waals surface area contributed by atoms with E-state index < -0.39 is 17.4 Å². The van der Waals surface area contributed by atoms with Crippen LogP contribution in [-0.2, 0) is 9.59 Å². The van der Waals surface area contributed by atoms with Gasteiger partial charge in [0.15, 0.2) is 0 Å². The molecule has 2 amide bonds. The Hall–Kier alpha value is -1.40. The highest BCUT2D eigenvalue weighted by Crippen LogP contribution is 2.18. The number of carbonyl (C=O) groups excluding carboxylic acids is 2. The fourth-order valence-corrected chi connectivity index (χ4v) is 2.67. The van der Waals surface area contributed by atoms with Crippen LogP contribution in [0.1, 0.15) is 39.5 Å². The first-order valence-electron chi connectivity index (χ1n) is 6.84. The molecular formula is C14H22N2O3S. The second-order valence-corrected chi connectivity index (χ2v) is 5.65. The van der Waals surface area contributed by atoms with Crippen LogP contribution in [0.5, 0.6) is 0 Å². The van der Waals surface area contributed by atoms with Crippen LogP contribution in [-0.4, -0.2) is 29.1 Å². The summed E-state index contributed by atoms with van der Waals surface area (Å²) in [6, 6.07) is 1.72. The van der Waals surface area contributed by atoms with Gasteiger partial charge < -0.3 is 15.7 Å². The number of thiophene rings is 1. The van der Waals surface area contributed by atoms with Crippen molar-refractivity contribution < 1.29 is 14.7 Å². The predicted molar refractivity (Wildman–Crippen MR) is 80.7 cm³/mol. The summed E-state index contributed by atoms with van der Waals surface area (Å²) < 4.78 is 0. The quantitative estimate of drug-likeness (QED) is 0.675. The Balaban J connectivity index is 2.46. The molecule has 1 heterocycles. The van der Waals surface area contributed by atoms with Crippen LogP contribution in [0.2, 0.25) is 0 Å². The van der Waals surface area contributed by atoms with E-state index in [4.69, 9.17) is 0 Å². The van der Waals surface area contributed by atoms with Crippen LogP contribution in [0.4, 0.5) is 5.69 Å². The van der Waals surface area contributed by atoms with E-state index in [2.05, 4.69) is 10.6 Å². The lowest BCUT2D eigenvalue weighted by Crippen LogP contribution is -2.46. The van der Waals surface area contributed by atoms with Gasteiger partial charge in [-0.25, -0.2) is 0 Å². The van der Waals surface area contributed by atoms with Crippen molar-refractivity contribution in [3.05, 3.63) is 16.8 Å². The molecular weight excluding hydrogens is 276 g/mol. The SMILES string of the molecule is CCCC(O)(CCC)CNC(=O)C(=O)Nc1ccsc1.